The maximum Gasteiger partial charge on any atom is 0.0540 e. The van der Waals surface area contributed by atoms with Crippen molar-refractivity contribution in [3.05, 3.63) is 17.5 Å². The first-order valence-corrected chi connectivity index (χ1v) is 7.36. The van der Waals surface area contributed by atoms with Crippen molar-refractivity contribution in [3.8, 4) is 0 Å². The Morgan fingerprint density at radius 1 is 1.50 bits per heavy atom. The molecule has 1 aliphatic rings. The summed E-state index contributed by atoms with van der Waals surface area (Å²) in [7, 11) is 2.01. The lowest BCUT2D eigenvalue weighted by molar-refractivity contribution is 0.266. The fourth-order valence-electron chi connectivity index (χ4n) is 3.20. The lowest BCUT2D eigenvalue weighted by Crippen LogP contribution is -2.35. The second-order valence-electron chi connectivity index (χ2n) is 5.84. The molecule has 3 heteroatoms. The SMILES string of the molecule is CCC1CCCC(NC(C)c2cnn(C)c2C)C1. The van der Waals surface area contributed by atoms with Gasteiger partial charge in [0.15, 0.2) is 0 Å². The van der Waals surface area contributed by atoms with Crippen molar-refractivity contribution >= 4 is 0 Å². The van der Waals surface area contributed by atoms with E-state index >= 15 is 0 Å². The Hall–Kier alpha value is -0.830. The summed E-state index contributed by atoms with van der Waals surface area (Å²) in [6.45, 7) is 6.73. The van der Waals surface area contributed by atoms with E-state index in [-0.39, 0.29) is 0 Å². The standard InChI is InChI=1S/C15H27N3/c1-5-13-7-6-8-14(9-13)17-11(2)15-10-16-18(4)12(15)3/h10-11,13-14,17H,5-9H2,1-4H3. The fraction of sp³-hybridized carbons (Fsp3) is 0.800. The Kier molecular flexibility index (Phi) is 4.44. The van der Waals surface area contributed by atoms with Gasteiger partial charge >= 0.3 is 0 Å². The number of hydrogen-bond donors (Lipinski definition) is 1. The maximum atomic E-state index is 4.34. The number of aromatic nitrogens is 2. The fourth-order valence-corrected chi connectivity index (χ4v) is 3.20. The van der Waals surface area contributed by atoms with Gasteiger partial charge < -0.3 is 5.32 Å². The van der Waals surface area contributed by atoms with Crippen LogP contribution in [0.5, 0.6) is 0 Å². The average Bonchev–Trinajstić information content (AvgIpc) is 2.70. The lowest BCUT2D eigenvalue weighted by atomic mass is 9.84. The Bertz CT molecular complexity index is 383. The number of hydrogen-bond acceptors (Lipinski definition) is 2. The molecule has 0 amide bonds. The minimum Gasteiger partial charge on any atom is -0.307 e. The van der Waals surface area contributed by atoms with Gasteiger partial charge in [-0.25, -0.2) is 0 Å². The van der Waals surface area contributed by atoms with Crippen LogP contribution in [-0.2, 0) is 7.05 Å². The summed E-state index contributed by atoms with van der Waals surface area (Å²) in [5.74, 6) is 0.929. The smallest absolute Gasteiger partial charge is 0.0540 e. The third-order valence-electron chi connectivity index (χ3n) is 4.59. The number of nitrogens with zero attached hydrogens (tertiary/aromatic N) is 2. The van der Waals surface area contributed by atoms with E-state index in [0.717, 1.165) is 5.92 Å². The zero-order valence-electron chi connectivity index (χ0n) is 12.2. The van der Waals surface area contributed by atoms with Gasteiger partial charge in [0.05, 0.1) is 6.20 Å². The highest BCUT2D eigenvalue weighted by molar-refractivity contribution is 5.19. The largest absolute Gasteiger partial charge is 0.307 e. The molecule has 3 nitrogen and oxygen atoms in total. The van der Waals surface area contributed by atoms with Crippen LogP contribution in [0.2, 0.25) is 0 Å². The molecule has 0 saturated heterocycles. The molecule has 1 fully saturated rings. The van der Waals surface area contributed by atoms with Crippen LogP contribution in [0.3, 0.4) is 0 Å². The molecule has 18 heavy (non-hydrogen) atoms. The van der Waals surface area contributed by atoms with Crippen LogP contribution < -0.4 is 5.32 Å². The molecule has 1 aromatic rings. The van der Waals surface area contributed by atoms with Crippen molar-refractivity contribution in [1.29, 1.82) is 0 Å². The first kappa shape index (κ1) is 13.6. The molecule has 3 unspecified atom stereocenters. The van der Waals surface area contributed by atoms with Crippen molar-refractivity contribution in [3.63, 3.8) is 0 Å². The molecule has 3 atom stereocenters. The molecule has 0 aliphatic heterocycles. The molecular formula is C15H27N3. The van der Waals surface area contributed by atoms with Crippen LogP contribution in [0.4, 0.5) is 0 Å². The molecule has 2 rings (SSSR count). The molecule has 1 heterocycles. The summed E-state index contributed by atoms with van der Waals surface area (Å²) in [4.78, 5) is 0. The van der Waals surface area contributed by atoms with Crippen molar-refractivity contribution in [2.75, 3.05) is 0 Å². The van der Waals surface area contributed by atoms with Crippen LogP contribution in [-0.4, -0.2) is 15.8 Å². The van der Waals surface area contributed by atoms with E-state index in [2.05, 4.69) is 31.2 Å². The maximum absolute atomic E-state index is 4.34. The van der Waals surface area contributed by atoms with E-state index in [0.29, 0.717) is 12.1 Å². The second kappa shape index (κ2) is 5.87. The number of nitrogens with one attached hydrogen (secondary N) is 1. The Morgan fingerprint density at radius 2 is 2.28 bits per heavy atom. The lowest BCUT2D eigenvalue weighted by Gasteiger charge is -2.31. The number of aryl methyl sites for hydroxylation is 1. The molecule has 1 saturated carbocycles. The number of rotatable bonds is 4. The van der Waals surface area contributed by atoms with Gasteiger partial charge in [0.25, 0.3) is 0 Å². The van der Waals surface area contributed by atoms with Gasteiger partial charge in [-0.1, -0.05) is 26.2 Å². The van der Waals surface area contributed by atoms with E-state index in [1.165, 1.54) is 43.4 Å². The van der Waals surface area contributed by atoms with Gasteiger partial charge in [-0.15, -0.1) is 0 Å². The van der Waals surface area contributed by atoms with Crippen molar-refractivity contribution < 1.29 is 0 Å². The molecular weight excluding hydrogens is 222 g/mol. The minimum atomic E-state index is 0.416. The first-order chi connectivity index (χ1) is 8.61. The van der Waals surface area contributed by atoms with Gasteiger partial charge in [0, 0.05) is 30.4 Å². The monoisotopic (exact) mass is 249 g/mol. The topological polar surface area (TPSA) is 29.9 Å². The average molecular weight is 249 g/mol. The van der Waals surface area contributed by atoms with Crippen molar-refractivity contribution in [1.82, 2.24) is 15.1 Å². The Balaban J connectivity index is 1.94. The summed E-state index contributed by atoms with van der Waals surface area (Å²) < 4.78 is 1.96. The van der Waals surface area contributed by atoms with E-state index in [1.54, 1.807) is 0 Å². The molecule has 1 aliphatic carbocycles. The predicted molar refractivity (Wildman–Crippen MR) is 75.5 cm³/mol. The van der Waals surface area contributed by atoms with E-state index < -0.39 is 0 Å². The van der Waals surface area contributed by atoms with E-state index in [1.807, 2.05) is 17.9 Å². The molecule has 102 valence electrons. The van der Waals surface area contributed by atoms with E-state index in [4.69, 9.17) is 0 Å². The van der Waals surface area contributed by atoms with Gasteiger partial charge in [-0.2, -0.15) is 5.10 Å². The molecule has 1 aromatic heterocycles. The molecule has 0 spiro atoms. The quantitative estimate of drug-likeness (QED) is 0.887. The van der Waals surface area contributed by atoms with Gasteiger partial charge in [-0.3, -0.25) is 4.68 Å². The summed E-state index contributed by atoms with van der Waals surface area (Å²) in [5.41, 5.74) is 2.62. The summed E-state index contributed by atoms with van der Waals surface area (Å²) >= 11 is 0. The summed E-state index contributed by atoms with van der Waals surface area (Å²) in [5, 5.41) is 8.14. The van der Waals surface area contributed by atoms with Crippen LogP contribution in [0, 0.1) is 12.8 Å². The zero-order chi connectivity index (χ0) is 13.1. The van der Waals surface area contributed by atoms with Crippen molar-refractivity contribution in [2.24, 2.45) is 13.0 Å². The summed E-state index contributed by atoms with van der Waals surface area (Å²) in [6.07, 6.45) is 8.83. The zero-order valence-corrected chi connectivity index (χ0v) is 12.2. The minimum absolute atomic E-state index is 0.416. The molecule has 0 radical (unpaired) electrons. The third kappa shape index (κ3) is 2.94. The first-order valence-electron chi connectivity index (χ1n) is 7.36. The normalized spacial score (nSPS) is 26.2. The van der Waals surface area contributed by atoms with Gasteiger partial charge in [0.2, 0.25) is 0 Å². The van der Waals surface area contributed by atoms with Crippen LogP contribution >= 0.6 is 0 Å². The third-order valence-corrected chi connectivity index (χ3v) is 4.59. The van der Waals surface area contributed by atoms with Crippen LogP contribution in [0.15, 0.2) is 6.20 Å². The van der Waals surface area contributed by atoms with Crippen LogP contribution in [0.25, 0.3) is 0 Å². The Labute approximate surface area is 111 Å². The highest BCUT2D eigenvalue weighted by Crippen LogP contribution is 2.28. The summed E-state index contributed by atoms with van der Waals surface area (Å²) in [6, 6.07) is 1.11. The predicted octanol–water partition coefficient (Wildman–Crippen LogP) is 3.35. The van der Waals surface area contributed by atoms with E-state index in [9.17, 15) is 0 Å². The highest BCUT2D eigenvalue weighted by atomic mass is 15.3. The second-order valence-corrected chi connectivity index (χ2v) is 5.84. The van der Waals surface area contributed by atoms with Gasteiger partial charge in [0.1, 0.15) is 0 Å². The highest BCUT2D eigenvalue weighted by Gasteiger charge is 2.23. The molecule has 0 bridgehead atoms. The van der Waals surface area contributed by atoms with Gasteiger partial charge in [-0.05, 0) is 32.6 Å². The molecule has 0 aromatic carbocycles. The Morgan fingerprint density at radius 3 is 2.89 bits per heavy atom. The van der Waals surface area contributed by atoms with Crippen molar-refractivity contribution in [2.45, 2.75) is 65.0 Å². The van der Waals surface area contributed by atoms with Crippen LogP contribution in [0.1, 0.15) is 63.3 Å². The molecule has 1 N–H and O–H groups in total.